The van der Waals surface area contributed by atoms with Crippen molar-refractivity contribution in [2.75, 3.05) is 25.5 Å². The third kappa shape index (κ3) is 6.81. The fraction of sp³-hybridized carbons (Fsp3) is 0.333. The molecule has 0 aliphatic heterocycles. The smallest absolute Gasteiger partial charge is 0.246 e. The molecule has 1 heterocycles. The fourth-order valence-electron chi connectivity index (χ4n) is 2.47. The topological polar surface area (TPSA) is 61.7 Å². The zero-order chi connectivity index (χ0) is 20.8. The molecule has 0 spiro atoms. The molecular formula is C18H22ClF3IN5O. The van der Waals surface area contributed by atoms with E-state index in [1.54, 1.807) is 18.1 Å². The zero-order valence-electron chi connectivity index (χ0n) is 16.1. The number of carbonyl (C=O) groups excluding carboxylic acids is 1. The molecule has 2 N–H and O–H groups in total. The molecule has 0 atom stereocenters. The van der Waals surface area contributed by atoms with Gasteiger partial charge in [0.25, 0.3) is 0 Å². The van der Waals surface area contributed by atoms with Crippen LogP contribution in [-0.4, -0.2) is 41.5 Å². The van der Waals surface area contributed by atoms with Gasteiger partial charge in [-0.1, -0.05) is 11.6 Å². The molecular weight excluding hydrogens is 522 g/mol. The zero-order valence-corrected chi connectivity index (χ0v) is 19.2. The highest BCUT2D eigenvalue weighted by molar-refractivity contribution is 14.0. The molecule has 160 valence electrons. The molecule has 0 saturated carbocycles. The Morgan fingerprint density at radius 2 is 1.97 bits per heavy atom. The van der Waals surface area contributed by atoms with Gasteiger partial charge in [0.1, 0.15) is 6.54 Å². The van der Waals surface area contributed by atoms with Crippen LogP contribution in [0.5, 0.6) is 0 Å². The third-order valence-corrected chi connectivity index (χ3v) is 4.06. The molecule has 1 aromatic carbocycles. The van der Waals surface area contributed by atoms with E-state index < -0.39 is 29.0 Å². The number of aliphatic imine (C=N–C) groups is 1. The van der Waals surface area contributed by atoms with E-state index in [1.807, 2.05) is 24.6 Å². The Balaban J connectivity index is 0.00000420. The number of rotatable bonds is 6. The molecule has 0 bridgehead atoms. The normalized spacial score (nSPS) is 11.1. The van der Waals surface area contributed by atoms with Crippen LogP contribution in [0.25, 0.3) is 0 Å². The van der Waals surface area contributed by atoms with E-state index in [-0.39, 0.29) is 30.5 Å². The average Bonchev–Trinajstić information content (AvgIpc) is 2.96. The molecule has 2 aromatic rings. The van der Waals surface area contributed by atoms with Crippen LogP contribution >= 0.6 is 35.6 Å². The van der Waals surface area contributed by atoms with Crippen molar-refractivity contribution in [2.45, 2.75) is 13.5 Å². The number of hydrogen-bond donors (Lipinski definition) is 2. The molecule has 11 heteroatoms. The highest BCUT2D eigenvalue weighted by atomic mass is 127. The summed E-state index contributed by atoms with van der Waals surface area (Å²) in [5.41, 5.74) is 0.488. The summed E-state index contributed by atoms with van der Waals surface area (Å²) in [6, 6.07) is 3.51. The number of benzene rings is 1. The summed E-state index contributed by atoms with van der Waals surface area (Å²) in [7, 11) is 3.65. The van der Waals surface area contributed by atoms with E-state index in [1.165, 1.54) is 0 Å². The van der Waals surface area contributed by atoms with Crippen LogP contribution in [0.15, 0.2) is 29.4 Å². The standard InChI is InChI=1S/C18H21ClF3N5O.HI/c1-4-23-18(27(3)10-12-7-11(19)9-26(12)2)24-8-15(28)25-14-6-5-13(20)16(21)17(14)22;/h5-7,9H,4,8,10H2,1-3H3,(H,23,24)(H,25,28);1H. The van der Waals surface area contributed by atoms with Gasteiger partial charge in [-0.25, -0.2) is 18.2 Å². The maximum Gasteiger partial charge on any atom is 0.246 e. The Kier molecular flexibility index (Phi) is 9.77. The van der Waals surface area contributed by atoms with Crippen molar-refractivity contribution in [1.82, 2.24) is 14.8 Å². The molecule has 29 heavy (non-hydrogen) atoms. The van der Waals surface area contributed by atoms with Gasteiger partial charge < -0.3 is 20.1 Å². The number of nitrogens with one attached hydrogen (secondary N) is 2. The summed E-state index contributed by atoms with van der Waals surface area (Å²) in [5, 5.41) is 5.84. The predicted octanol–water partition coefficient (Wildman–Crippen LogP) is 3.75. The van der Waals surface area contributed by atoms with Gasteiger partial charge in [0.15, 0.2) is 23.4 Å². The van der Waals surface area contributed by atoms with Crippen molar-refractivity contribution in [2.24, 2.45) is 12.0 Å². The first-order valence-corrected chi connectivity index (χ1v) is 8.84. The third-order valence-electron chi connectivity index (χ3n) is 3.85. The summed E-state index contributed by atoms with van der Waals surface area (Å²) >= 11 is 5.98. The molecule has 1 amide bonds. The molecule has 0 saturated heterocycles. The second-order valence-electron chi connectivity index (χ2n) is 6.06. The SMILES string of the molecule is CCNC(=NCC(=O)Nc1ccc(F)c(F)c1F)N(C)Cc1cc(Cl)cn1C.I. The van der Waals surface area contributed by atoms with Gasteiger partial charge in [-0.15, -0.1) is 24.0 Å². The summed E-state index contributed by atoms with van der Waals surface area (Å²) in [5.74, 6) is -4.65. The quantitative estimate of drug-likeness (QED) is 0.253. The number of nitrogens with zero attached hydrogens (tertiary/aromatic N) is 3. The van der Waals surface area contributed by atoms with Crippen molar-refractivity contribution in [3.05, 3.63) is 52.6 Å². The highest BCUT2D eigenvalue weighted by Gasteiger charge is 2.16. The van der Waals surface area contributed by atoms with Crippen molar-refractivity contribution < 1.29 is 18.0 Å². The van der Waals surface area contributed by atoms with Gasteiger partial charge >= 0.3 is 0 Å². The largest absolute Gasteiger partial charge is 0.357 e. The van der Waals surface area contributed by atoms with E-state index in [4.69, 9.17) is 11.6 Å². The van der Waals surface area contributed by atoms with Gasteiger partial charge in [0.2, 0.25) is 5.91 Å². The second kappa shape index (κ2) is 11.3. The predicted molar refractivity (Wildman–Crippen MR) is 118 cm³/mol. The van der Waals surface area contributed by atoms with Gasteiger partial charge in [0.05, 0.1) is 17.3 Å². The van der Waals surface area contributed by atoms with Gasteiger partial charge in [0, 0.05) is 32.5 Å². The highest BCUT2D eigenvalue weighted by Crippen LogP contribution is 2.19. The minimum absolute atomic E-state index is 0. The van der Waals surface area contributed by atoms with E-state index in [0.29, 0.717) is 24.1 Å². The van der Waals surface area contributed by atoms with Crippen LogP contribution in [0.4, 0.5) is 18.9 Å². The van der Waals surface area contributed by atoms with Crippen molar-refractivity contribution in [3.8, 4) is 0 Å². The molecule has 0 fully saturated rings. The lowest BCUT2D eigenvalue weighted by molar-refractivity contribution is -0.114. The Labute approximate surface area is 189 Å². The lowest BCUT2D eigenvalue weighted by Crippen LogP contribution is -2.39. The first-order valence-electron chi connectivity index (χ1n) is 8.46. The fourth-order valence-corrected chi connectivity index (χ4v) is 2.74. The average molecular weight is 544 g/mol. The van der Waals surface area contributed by atoms with Crippen LogP contribution < -0.4 is 10.6 Å². The summed E-state index contributed by atoms with van der Waals surface area (Å²) in [4.78, 5) is 18.0. The first-order chi connectivity index (χ1) is 13.2. The van der Waals surface area contributed by atoms with E-state index in [0.717, 1.165) is 17.8 Å². The Hall–Kier alpha value is -1.95. The minimum atomic E-state index is -1.64. The van der Waals surface area contributed by atoms with Crippen LogP contribution in [-0.2, 0) is 18.4 Å². The van der Waals surface area contributed by atoms with Crippen LogP contribution in [0.3, 0.4) is 0 Å². The molecule has 0 aliphatic rings. The number of carbonyl (C=O) groups is 1. The molecule has 0 radical (unpaired) electrons. The lowest BCUT2D eigenvalue weighted by atomic mass is 10.3. The molecule has 0 unspecified atom stereocenters. The van der Waals surface area contributed by atoms with E-state index in [2.05, 4.69) is 15.6 Å². The summed E-state index contributed by atoms with van der Waals surface area (Å²) in [6.45, 7) is 2.59. The van der Waals surface area contributed by atoms with Crippen LogP contribution in [0, 0.1) is 17.5 Å². The lowest BCUT2D eigenvalue weighted by Gasteiger charge is -2.22. The number of aromatic nitrogens is 1. The number of anilines is 1. The minimum Gasteiger partial charge on any atom is -0.357 e. The van der Waals surface area contributed by atoms with E-state index >= 15 is 0 Å². The maximum atomic E-state index is 13.7. The second-order valence-corrected chi connectivity index (χ2v) is 6.49. The van der Waals surface area contributed by atoms with Crippen LogP contribution in [0.1, 0.15) is 12.6 Å². The Bertz CT molecular complexity index is 891. The number of aryl methyl sites for hydroxylation is 1. The monoisotopic (exact) mass is 543 g/mol. The molecule has 0 aliphatic carbocycles. The van der Waals surface area contributed by atoms with E-state index in [9.17, 15) is 18.0 Å². The van der Waals surface area contributed by atoms with Gasteiger partial charge in [-0.05, 0) is 25.1 Å². The van der Waals surface area contributed by atoms with Crippen molar-refractivity contribution in [3.63, 3.8) is 0 Å². The molecule has 2 rings (SSSR count). The Morgan fingerprint density at radius 1 is 1.28 bits per heavy atom. The number of halogens is 5. The molecule has 6 nitrogen and oxygen atoms in total. The number of hydrogen-bond acceptors (Lipinski definition) is 2. The van der Waals surface area contributed by atoms with Gasteiger partial charge in [-0.2, -0.15) is 0 Å². The van der Waals surface area contributed by atoms with Crippen molar-refractivity contribution >= 4 is 53.1 Å². The Morgan fingerprint density at radius 3 is 2.55 bits per heavy atom. The summed E-state index contributed by atoms with van der Waals surface area (Å²) in [6.07, 6.45) is 1.78. The van der Waals surface area contributed by atoms with Crippen molar-refractivity contribution in [1.29, 1.82) is 0 Å². The number of guanidine groups is 1. The maximum absolute atomic E-state index is 13.7. The first kappa shape index (κ1) is 25.1. The van der Waals surface area contributed by atoms with Gasteiger partial charge in [-0.3, -0.25) is 4.79 Å². The summed E-state index contributed by atoms with van der Waals surface area (Å²) < 4.78 is 41.7. The number of amides is 1. The van der Waals surface area contributed by atoms with Crippen LogP contribution in [0.2, 0.25) is 5.02 Å². The molecule has 1 aromatic heterocycles.